The quantitative estimate of drug-likeness (QED) is 0.756. The van der Waals surface area contributed by atoms with Crippen LogP contribution in [-0.4, -0.2) is 26.9 Å². The molecule has 1 fully saturated rings. The summed E-state index contributed by atoms with van der Waals surface area (Å²) >= 11 is 0. The van der Waals surface area contributed by atoms with Crippen molar-refractivity contribution >= 4 is 0 Å². The van der Waals surface area contributed by atoms with Crippen LogP contribution in [0.4, 0.5) is 0 Å². The first-order valence-electron chi connectivity index (χ1n) is 5.68. The van der Waals surface area contributed by atoms with Crippen molar-refractivity contribution in [1.82, 2.24) is 9.55 Å². The van der Waals surface area contributed by atoms with Crippen molar-refractivity contribution in [2.45, 2.75) is 45.1 Å². The van der Waals surface area contributed by atoms with E-state index in [1.807, 2.05) is 6.92 Å². The van der Waals surface area contributed by atoms with Gasteiger partial charge in [0.1, 0.15) is 6.23 Å². The van der Waals surface area contributed by atoms with Gasteiger partial charge < -0.3 is 9.84 Å². The number of aromatic nitrogens is 2. The van der Waals surface area contributed by atoms with Gasteiger partial charge in [-0.15, -0.1) is 0 Å². The molecule has 17 heavy (non-hydrogen) atoms. The van der Waals surface area contributed by atoms with E-state index in [1.54, 1.807) is 6.92 Å². The highest BCUT2D eigenvalue weighted by atomic mass is 16.5. The molecule has 0 spiro atoms. The van der Waals surface area contributed by atoms with Gasteiger partial charge in [-0.25, -0.2) is 4.79 Å². The van der Waals surface area contributed by atoms with Gasteiger partial charge in [0, 0.05) is 18.2 Å². The molecule has 3 atom stereocenters. The minimum atomic E-state index is -0.566. The fourth-order valence-electron chi connectivity index (χ4n) is 2.05. The summed E-state index contributed by atoms with van der Waals surface area (Å²) < 4.78 is 6.90. The number of rotatable bonds is 2. The zero-order valence-corrected chi connectivity index (χ0v) is 9.84. The van der Waals surface area contributed by atoms with Crippen LogP contribution >= 0.6 is 0 Å². The van der Waals surface area contributed by atoms with Crippen molar-refractivity contribution < 1.29 is 9.84 Å². The summed E-state index contributed by atoms with van der Waals surface area (Å²) in [6.07, 6.45) is 1.20. The fourth-order valence-corrected chi connectivity index (χ4v) is 2.05. The molecule has 2 N–H and O–H groups in total. The maximum atomic E-state index is 11.6. The predicted octanol–water partition coefficient (Wildman–Crippen LogP) is -0.0966. The van der Waals surface area contributed by atoms with Crippen molar-refractivity contribution in [3.63, 3.8) is 0 Å². The van der Waals surface area contributed by atoms with Gasteiger partial charge in [-0.2, -0.15) is 0 Å². The summed E-state index contributed by atoms with van der Waals surface area (Å²) in [6, 6.07) is 0. The monoisotopic (exact) mass is 240 g/mol. The minimum Gasteiger partial charge on any atom is -0.390 e. The van der Waals surface area contributed by atoms with Gasteiger partial charge in [-0.3, -0.25) is 14.3 Å². The molecule has 0 aliphatic carbocycles. The zero-order chi connectivity index (χ0) is 12.6. The van der Waals surface area contributed by atoms with E-state index < -0.39 is 23.6 Å². The third-order valence-electron chi connectivity index (χ3n) is 3.06. The van der Waals surface area contributed by atoms with Gasteiger partial charge in [0.2, 0.25) is 0 Å². The normalized spacial score (nSPS) is 28.5. The molecule has 0 radical (unpaired) electrons. The number of hydrogen-bond donors (Lipinski definition) is 2. The minimum absolute atomic E-state index is 0.251. The van der Waals surface area contributed by atoms with E-state index in [4.69, 9.17) is 4.74 Å². The number of ether oxygens (including phenoxy) is 1. The van der Waals surface area contributed by atoms with Crippen LogP contribution in [0, 0.1) is 6.92 Å². The first-order valence-corrected chi connectivity index (χ1v) is 5.68. The van der Waals surface area contributed by atoms with Crippen LogP contribution < -0.4 is 11.2 Å². The molecule has 1 saturated heterocycles. The third kappa shape index (κ3) is 2.18. The molecule has 1 aliphatic rings. The van der Waals surface area contributed by atoms with Crippen LogP contribution in [0.15, 0.2) is 15.8 Å². The lowest BCUT2D eigenvalue weighted by molar-refractivity contribution is -0.0218. The smallest absolute Gasteiger partial charge is 0.330 e. The van der Waals surface area contributed by atoms with Crippen molar-refractivity contribution in [3.8, 4) is 0 Å². The summed E-state index contributed by atoms with van der Waals surface area (Å²) in [5.74, 6) is 0. The van der Waals surface area contributed by atoms with E-state index in [0.717, 1.165) is 0 Å². The Hall–Kier alpha value is -1.40. The number of aliphatic hydroxyl groups excluding tert-OH is 1. The summed E-state index contributed by atoms with van der Waals surface area (Å²) in [6.45, 7) is 3.54. The van der Waals surface area contributed by atoms with Crippen molar-refractivity contribution in [2.75, 3.05) is 0 Å². The van der Waals surface area contributed by atoms with Gasteiger partial charge in [-0.1, -0.05) is 6.92 Å². The maximum absolute atomic E-state index is 11.6. The zero-order valence-electron chi connectivity index (χ0n) is 9.84. The lowest BCUT2D eigenvalue weighted by atomic mass is 10.1. The van der Waals surface area contributed by atoms with E-state index >= 15 is 0 Å². The average molecular weight is 240 g/mol. The molecule has 1 aliphatic heterocycles. The second-order valence-corrected chi connectivity index (χ2v) is 4.32. The van der Waals surface area contributed by atoms with Crippen LogP contribution in [0.5, 0.6) is 0 Å². The Morgan fingerprint density at radius 2 is 2.29 bits per heavy atom. The number of nitrogens with one attached hydrogen (secondary N) is 1. The Balaban J connectivity index is 2.34. The van der Waals surface area contributed by atoms with Crippen LogP contribution in [0.3, 0.4) is 0 Å². The maximum Gasteiger partial charge on any atom is 0.330 e. The fraction of sp³-hybridized carbons (Fsp3) is 0.636. The van der Waals surface area contributed by atoms with Crippen LogP contribution in [0.25, 0.3) is 0 Å². The summed E-state index contributed by atoms with van der Waals surface area (Å²) in [7, 11) is 0. The number of H-pyrrole nitrogens is 1. The largest absolute Gasteiger partial charge is 0.390 e. The molecular weight excluding hydrogens is 224 g/mol. The van der Waals surface area contributed by atoms with E-state index in [-0.39, 0.29) is 6.10 Å². The lowest BCUT2D eigenvalue weighted by Gasteiger charge is -2.14. The van der Waals surface area contributed by atoms with E-state index in [9.17, 15) is 14.7 Å². The molecule has 0 amide bonds. The number of nitrogens with zero attached hydrogens (tertiary/aromatic N) is 1. The summed E-state index contributed by atoms with van der Waals surface area (Å²) in [5, 5.41) is 9.72. The SMILES string of the molecule is CC[C@H]1O[C@H](n2cc(C)c(=O)[nH]c2=O)CC1O. The molecule has 6 heteroatoms. The highest BCUT2D eigenvalue weighted by Gasteiger charge is 2.34. The molecule has 94 valence electrons. The van der Waals surface area contributed by atoms with Gasteiger partial charge in [0.15, 0.2) is 0 Å². The van der Waals surface area contributed by atoms with E-state index in [0.29, 0.717) is 18.4 Å². The molecule has 0 aromatic carbocycles. The Bertz CT molecular complexity index is 519. The highest BCUT2D eigenvalue weighted by Crippen LogP contribution is 2.28. The Morgan fingerprint density at radius 3 is 2.88 bits per heavy atom. The second-order valence-electron chi connectivity index (χ2n) is 4.32. The Kier molecular flexibility index (Phi) is 3.17. The van der Waals surface area contributed by atoms with E-state index in [1.165, 1.54) is 10.8 Å². The summed E-state index contributed by atoms with van der Waals surface area (Å²) in [4.78, 5) is 25.1. The molecule has 0 saturated carbocycles. The third-order valence-corrected chi connectivity index (χ3v) is 3.06. The molecule has 2 rings (SSSR count). The number of aliphatic hydroxyl groups is 1. The highest BCUT2D eigenvalue weighted by molar-refractivity contribution is 5.01. The Morgan fingerprint density at radius 1 is 1.59 bits per heavy atom. The van der Waals surface area contributed by atoms with Crippen LogP contribution in [-0.2, 0) is 4.74 Å². The molecule has 1 aromatic rings. The van der Waals surface area contributed by atoms with Crippen molar-refractivity contribution in [3.05, 3.63) is 32.6 Å². The van der Waals surface area contributed by atoms with Gasteiger partial charge in [0.05, 0.1) is 12.2 Å². The molecule has 1 aromatic heterocycles. The number of aryl methyl sites for hydroxylation is 1. The molecule has 1 unspecified atom stereocenters. The first-order chi connectivity index (χ1) is 8.02. The van der Waals surface area contributed by atoms with Gasteiger partial charge >= 0.3 is 5.69 Å². The van der Waals surface area contributed by atoms with Gasteiger partial charge in [0.25, 0.3) is 5.56 Å². The number of hydrogen-bond acceptors (Lipinski definition) is 4. The van der Waals surface area contributed by atoms with Crippen molar-refractivity contribution in [2.24, 2.45) is 0 Å². The number of aromatic amines is 1. The first kappa shape index (κ1) is 12.1. The Labute approximate surface area is 97.9 Å². The van der Waals surface area contributed by atoms with Crippen LogP contribution in [0.2, 0.25) is 0 Å². The standard InChI is InChI=1S/C11H16N2O4/c1-3-8-7(14)4-9(17-8)13-5-6(2)10(15)12-11(13)16/h5,7-9,14H,3-4H2,1-2H3,(H,12,15,16)/t7?,8-,9+/m1/s1. The second kappa shape index (κ2) is 4.46. The average Bonchev–Trinajstić information content (AvgIpc) is 2.65. The van der Waals surface area contributed by atoms with Crippen LogP contribution in [0.1, 0.15) is 31.6 Å². The van der Waals surface area contributed by atoms with Crippen molar-refractivity contribution in [1.29, 1.82) is 0 Å². The summed E-state index contributed by atoms with van der Waals surface area (Å²) in [5.41, 5.74) is -0.450. The predicted molar refractivity (Wildman–Crippen MR) is 60.9 cm³/mol. The topological polar surface area (TPSA) is 84.3 Å². The molecule has 6 nitrogen and oxygen atoms in total. The molecule has 2 heterocycles. The molecule has 0 bridgehead atoms. The van der Waals surface area contributed by atoms with E-state index in [2.05, 4.69) is 4.98 Å². The van der Waals surface area contributed by atoms with Gasteiger partial charge in [-0.05, 0) is 13.3 Å². The molecular formula is C11H16N2O4. The lowest BCUT2D eigenvalue weighted by Crippen LogP contribution is -2.33.